The molecule has 68 valence electrons. The Morgan fingerprint density at radius 3 is 2.67 bits per heavy atom. The molecular weight excluding hydrogens is 168 g/mol. The quantitative estimate of drug-likeness (QED) is 0.637. The maximum Gasteiger partial charge on any atom is 0.544 e. The van der Waals surface area contributed by atoms with E-state index in [4.69, 9.17) is 0 Å². The predicted octanol–water partition coefficient (Wildman–Crippen LogP) is 1.35. The number of halogens is 3. The molecule has 0 fully saturated rings. The van der Waals surface area contributed by atoms with E-state index in [0.29, 0.717) is 13.0 Å². The normalized spacial score (nSPS) is 12.0. The number of aryl methyl sites for hydroxylation is 1. The third kappa shape index (κ3) is 1.81. The van der Waals surface area contributed by atoms with Crippen molar-refractivity contribution >= 4 is 12.7 Å². The number of imidazole rings is 1. The lowest BCUT2D eigenvalue weighted by molar-refractivity contribution is 0.488. The summed E-state index contributed by atoms with van der Waals surface area (Å²) >= 11 is 0. The molecule has 0 aromatic carbocycles. The fourth-order valence-electron chi connectivity index (χ4n) is 1.04. The Hall–Kier alpha value is -0.935. The van der Waals surface area contributed by atoms with Crippen molar-refractivity contribution < 1.29 is 12.9 Å². The second-order valence-corrected chi connectivity index (χ2v) is 2.55. The van der Waals surface area contributed by atoms with Gasteiger partial charge in [0.05, 0.1) is 0 Å². The van der Waals surface area contributed by atoms with Gasteiger partial charge in [0.1, 0.15) is 0 Å². The maximum atomic E-state index is 12.2. The number of hydrogen-bond acceptors (Lipinski definition) is 1. The molecule has 1 rings (SSSR count). The van der Waals surface area contributed by atoms with Gasteiger partial charge in [0.2, 0.25) is 0 Å². The summed E-state index contributed by atoms with van der Waals surface area (Å²) in [6, 6.07) is 0. The molecule has 0 amide bonds. The van der Waals surface area contributed by atoms with Gasteiger partial charge in [0, 0.05) is 24.7 Å². The van der Waals surface area contributed by atoms with Crippen LogP contribution in [0.15, 0.2) is 12.4 Å². The van der Waals surface area contributed by atoms with Gasteiger partial charge >= 0.3 is 6.98 Å². The average Bonchev–Trinajstić information content (AvgIpc) is 2.34. The zero-order valence-electron chi connectivity index (χ0n) is 6.67. The number of nitrogens with zero attached hydrogens (tertiary/aromatic N) is 2. The van der Waals surface area contributed by atoms with Gasteiger partial charge < -0.3 is 17.5 Å². The lowest BCUT2D eigenvalue weighted by Gasteiger charge is -2.15. The molecular formula is C6H9BF3N2-. The smallest absolute Gasteiger partial charge is 0.443 e. The minimum Gasteiger partial charge on any atom is -0.443 e. The molecule has 6 heteroatoms. The second kappa shape index (κ2) is 3.20. The Balaban J connectivity index is 2.91. The highest BCUT2D eigenvalue weighted by atomic mass is 19.4. The highest BCUT2D eigenvalue weighted by Gasteiger charge is 2.30. The van der Waals surface area contributed by atoms with Crippen LogP contribution in [0.4, 0.5) is 12.9 Å². The Kier molecular flexibility index (Phi) is 2.44. The summed E-state index contributed by atoms with van der Waals surface area (Å²) in [6.07, 6.45) is 3.21. The van der Waals surface area contributed by atoms with Crippen LogP contribution in [0.3, 0.4) is 0 Å². The average molecular weight is 177 g/mol. The first-order valence-electron chi connectivity index (χ1n) is 3.76. The van der Waals surface area contributed by atoms with Crippen molar-refractivity contribution in [2.45, 2.75) is 19.9 Å². The molecule has 1 aromatic heterocycles. The fraction of sp³-hybridized carbons (Fsp3) is 0.500. The number of aromatic nitrogens is 2. The van der Waals surface area contributed by atoms with Gasteiger partial charge in [-0.15, -0.1) is 0 Å². The first-order chi connectivity index (χ1) is 5.55. The van der Waals surface area contributed by atoms with E-state index in [-0.39, 0.29) is 0 Å². The van der Waals surface area contributed by atoms with Crippen LogP contribution >= 0.6 is 0 Å². The van der Waals surface area contributed by atoms with Crippen molar-refractivity contribution in [2.75, 3.05) is 0 Å². The molecule has 0 atom stereocenters. The van der Waals surface area contributed by atoms with Gasteiger partial charge in [-0.3, -0.25) is 4.98 Å². The highest BCUT2D eigenvalue weighted by molar-refractivity contribution is 6.72. The molecule has 0 bridgehead atoms. The minimum atomic E-state index is -4.95. The Morgan fingerprint density at radius 2 is 2.17 bits per heavy atom. The van der Waals surface area contributed by atoms with E-state index in [2.05, 4.69) is 4.98 Å². The van der Waals surface area contributed by atoms with Crippen molar-refractivity contribution in [1.82, 2.24) is 9.55 Å². The second-order valence-electron chi connectivity index (χ2n) is 2.55. The van der Waals surface area contributed by atoms with Crippen LogP contribution in [0.5, 0.6) is 0 Å². The number of hydrogen-bond donors (Lipinski definition) is 0. The highest BCUT2D eigenvalue weighted by Crippen LogP contribution is 2.07. The third-order valence-electron chi connectivity index (χ3n) is 1.50. The Labute approximate surface area is 68.5 Å². The van der Waals surface area contributed by atoms with Gasteiger partial charge in [-0.05, 0) is 6.42 Å². The molecule has 0 aliphatic heterocycles. The van der Waals surface area contributed by atoms with Crippen LogP contribution in [0, 0.1) is 0 Å². The van der Waals surface area contributed by atoms with Crippen LogP contribution < -0.4 is 5.72 Å². The van der Waals surface area contributed by atoms with E-state index >= 15 is 0 Å². The zero-order chi connectivity index (χ0) is 9.19. The summed E-state index contributed by atoms with van der Waals surface area (Å²) in [4.78, 5) is 3.27. The van der Waals surface area contributed by atoms with Crippen LogP contribution in [-0.4, -0.2) is 16.5 Å². The van der Waals surface area contributed by atoms with Gasteiger partial charge in [-0.1, -0.05) is 6.92 Å². The number of rotatable bonds is 3. The lowest BCUT2D eigenvalue weighted by Crippen LogP contribution is -2.41. The van der Waals surface area contributed by atoms with E-state index in [1.54, 1.807) is 0 Å². The van der Waals surface area contributed by atoms with Gasteiger partial charge in [-0.25, -0.2) is 0 Å². The first-order valence-corrected chi connectivity index (χ1v) is 3.76. The topological polar surface area (TPSA) is 17.8 Å². The monoisotopic (exact) mass is 177 g/mol. The standard InChI is InChI=1S/C6H9BF3N2/c1-2-4-12-5-3-11-6(12)7(8,9)10/h3,5H,2,4H2,1H3/q-1. The molecule has 0 spiro atoms. The van der Waals surface area contributed by atoms with Crippen molar-refractivity contribution in [3.8, 4) is 0 Å². The van der Waals surface area contributed by atoms with Crippen LogP contribution in [0.25, 0.3) is 0 Å². The van der Waals surface area contributed by atoms with E-state index in [9.17, 15) is 12.9 Å². The summed E-state index contributed by atoms with van der Waals surface area (Å²) < 4.78 is 37.7. The third-order valence-corrected chi connectivity index (χ3v) is 1.50. The van der Waals surface area contributed by atoms with Crippen LogP contribution in [-0.2, 0) is 6.54 Å². The molecule has 0 N–H and O–H groups in total. The molecule has 0 aliphatic rings. The molecule has 2 nitrogen and oxygen atoms in total. The van der Waals surface area contributed by atoms with Crippen LogP contribution in [0.1, 0.15) is 13.3 Å². The summed E-state index contributed by atoms with van der Waals surface area (Å²) in [5.41, 5.74) is -0.753. The zero-order valence-corrected chi connectivity index (χ0v) is 6.67. The lowest BCUT2D eigenvalue weighted by atomic mass is 9.90. The Morgan fingerprint density at radius 1 is 1.50 bits per heavy atom. The molecule has 0 unspecified atom stereocenters. The molecule has 0 aliphatic carbocycles. The van der Waals surface area contributed by atoms with Crippen molar-refractivity contribution in [3.63, 3.8) is 0 Å². The molecule has 0 radical (unpaired) electrons. The van der Waals surface area contributed by atoms with Gasteiger partial charge in [-0.2, -0.15) is 0 Å². The van der Waals surface area contributed by atoms with Crippen LogP contribution in [0.2, 0.25) is 0 Å². The first kappa shape index (κ1) is 9.16. The van der Waals surface area contributed by atoms with E-state index in [1.807, 2.05) is 6.92 Å². The summed E-state index contributed by atoms with van der Waals surface area (Å²) in [6.45, 7) is -2.76. The van der Waals surface area contributed by atoms with Crippen molar-refractivity contribution in [1.29, 1.82) is 0 Å². The fourth-order valence-corrected chi connectivity index (χ4v) is 1.04. The summed E-state index contributed by atoms with van der Waals surface area (Å²) in [7, 11) is 0. The minimum absolute atomic E-state index is 0.372. The summed E-state index contributed by atoms with van der Waals surface area (Å²) in [5.74, 6) is 0. The Bertz CT molecular complexity index is 256. The maximum absolute atomic E-state index is 12.2. The van der Waals surface area contributed by atoms with E-state index < -0.39 is 12.7 Å². The molecule has 1 heterocycles. The van der Waals surface area contributed by atoms with Crippen molar-refractivity contribution in [2.24, 2.45) is 0 Å². The SMILES string of the molecule is CCCn1ccnc1[B-](F)(F)F. The van der Waals surface area contributed by atoms with E-state index in [0.717, 1.165) is 4.57 Å². The molecule has 12 heavy (non-hydrogen) atoms. The van der Waals surface area contributed by atoms with Gasteiger partial charge in [0.25, 0.3) is 0 Å². The largest absolute Gasteiger partial charge is 0.544 e. The van der Waals surface area contributed by atoms with Crippen molar-refractivity contribution in [3.05, 3.63) is 12.4 Å². The van der Waals surface area contributed by atoms with Gasteiger partial charge in [0.15, 0.2) is 0 Å². The molecule has 0 saturated carbocycles. The molecule has 1 aromatic rings. The van der Waals surface area contributed by atoms with E-state index in [1.165, 1.54) is 12.4 Å². The predicted molar refractivity (Wildman–Crippen MR) is 41.2 cm³/mol. The molecule has 0 saturated heterocycles. The summed E-state index contributed by atoms with van der Waals surface area (Å²) in [5, 5.41) is 0.